The minimum absolute atomic E-state index is 0.659. The van der Waals surface area contributed by atoms with E-state index in [9.17, 15) is 0 Å². The van der Waals surface area contributed by atoms with Gasteiger partial charge in [0.05, 0.1) is 16.9 Å². The molecule has 12 aromatic rings. The second kappa shape index (κ2) is 13.8. The van der Waals surface area contributed by atoms with E-state index in [1.807, 2.05) is 60.7 Å². The zero-order valence-corrected chi connectivity index (χ0v) is 32.2. The van der Waals surface area contributed by atoms with Gasteiger partial charge in [-0.15, -0.1) is 0 Å². The quantitative estimate of drug-likeness (QED) is 0.169. The summed E-state index contributed by atoms with van der Waals surface area (Å²) in [6, 6.07) is 69.0. The summed E-state index contributed by atoms with van der Waals surface area (Å²) in [7, 11) is 0. The Morgan fingerprint density at radius 1 is 0.317 bits per heavy atom. The van der Waals surface area contributed by atoms with E-state index in [-0.39, 0.29) is 0 Å². The lowest BCUT2D eigenvalue weighted by Gasteiger charge is -2.13. The van der Waals surface area contributed by atoms with Gasteiger partial charge in [-0.25, -0.2) is 15.0 Å². The summed E-state index contributed by atoms with van der Waals surface area (Å²) in [6.45, 7) is 0. The summed E-state index contributed by atoms with van der Waals surface area (Å²) >= 11 is 0. The Morgan fingerprint density at radius 2 is 0.817 bits per heavy atom. The smallest absolute Gasteiger partial charge is 0.162 e. The lowest BCUT2D eigenvalue weighted by molar-refractivity contribution is 0.668. The first-order chi connectivity index (χ1) is 29.7. The van der Waals surface area contributed by atoms with Crippen LogP contribution < -0.4 is 0 Å². The topological polar surface area (TPSA) is 65.0 Å². The molecule has 0 aliphatic carbocycles. The predicted molar refractivity (Wildman–Crippen MR) is 245 cm³/mol. The maximum absolute atomic E-state index is 6.55. The molecule has 8 aromatic carbocycles. The number of pyridine rings is 1. The van der Waals surface area contributed by atoms with Crippen molar-refractivity contribution in [3.63, 3.8) is 0 Å². The van der Waals surface area contributed by atoms with Gasteiger partial charge in [0.15, 0.2) is 11.4 Å². The number of fused-ring (bicyclic) bond motifs is 8. The molecule has 5 heteroatoms. The minimum atomic E-state index is 0.659. The summed E-state index contributed by atoms with van der Waals surface area (Å²) in [6.07, 6.45) is 0. The molecule has 4 heterocycles. The summed E-state index contributed by atoms with van der Waals surface area (Å²) in [4.78, 5) is 15.8. The van der Waals surface area contributed by atoms with Crippen LogP contribution in [0.3, 0.4) is 0 Å². The van der Waals surface area contributed by atoms with Crippen molar-refractivity contribution >= 4 is 54.8 Å². The fraction of sp³-hybridized carbons (Fsp3) is 0. The molecule has 0 amide bonds. The van der Waals surface area contributed by atoms with E-state index in [4.69, 9.17) is 23.8 Å². The summed E-state index contributed by atoms with van der Waals surface area (Å²) in [5.41, 5.74) is 14.9. The highest BCUT2D eigenvalue weighted by Crippen LogP contribution is 2.43. The summed E-state index contributed by atoms with van der Waals surface area (Å²) in [5, 5.41) is 5.40. The number of aromatic nitrogens is 3. The van der Waals surface area contributed by atoms with Crippen LogP contribution >= 0.6 is 0 Å². The summed E-state index contributed by atoms with van der Waals surface area (Å²) in [5.74, 6) is 0.659. The number of para-hydroxylation sites is 4. The number of rotatable bonds is 6. The Kier molecular flexibility index (Phi) is 7.78. The van der Waals surface area contributed by atoms with Gasteiger partial charge >= 0.3 is 0 Å². The third-order valence-electron chi connectivity index (χ3n) is 11.5. The number of nitrogens with zero attached hydrogens (tertiary/aromatic N) is 3. The number of hydrogen-bond acceptors (Lipinski definition) is 5. The van der Waals surface area contributed by atoms with Gasteiger partial charge in [0.2, 0.25) is 0 Å². The second-order valence-electron chi connectivity index (χ2n) is 15.1. The highest BCUT2D eigenvalue weighted by atomic mass is 16.3. The van der Waals surface area contributed by atoms with Crippen LogP contribution in [0.1, 0.15) is 0 Å². The van der Waals surface area contributed by atoms with Gasteiger partial charge in [-0.05, 0) is 41.5 Å². The Labute approximate surface area is 344 Å². The molecule has 0 aliphatic rings. The molecule has 0 radical (unpaired) electrons. The van der Waals surface area contributed by atoms with Crippen LogP contribution in [0.25, 0.3) is 122 Å². The third kappa shape index (κ3) is 5.59. The number of benzene rings is 8. The Balaban J connectivity index is 1.02. The standard InChI is InChI=1S/C55H33N3O2/c1-3-15-34(16-4-1)51-54-50(44-24-8-10-30-49(44)60-54)45-28-13-25-40(52(45)58-51)36-19-11-21-38(31-36)46-33-47(57-55(56-46)35-17-5-2-6-18-35)39-22-12-20-37(32-39)41-26-14-27-43-42-23-7-9-29-48(42)59-53(41)43/h1-33H. The second-order valence-corrected chi connectivity index (χ2v) is 15.1. The Bertz CT molecular complexity index is 3610. The molecular formula is C55H33N3O2. The average Bonchev–Trinajstić information content (AvgIpc) is 3.91. The van der Waals surface area contributed by atoms with E-state index >= 15 is 0 Å². The molecule has 0 aliphatic heterocycles. The van der Waals surface area contributed by atoms with Gasteiger partial charge in [-0.1, -0.05) is 170 Å². The van der Waals surface area contributed by atoms with Crippen LogP contribution in [-0.4, -0.2) is 15.0 Å². The Hall–Kier alpha value is -8.15. The van der Waals surface area contributed by atoms with Crippen molar-refractivity contribution in [3.8, 4) is 67.4 Å². The molecule has 0 saturated heterocycles. The van der Waals surface area contributed by atoms with E-state index < -0.39 is 0 Å². The predicted octanol–water partition coefficient (Wildman–Crippen LogP) is 14.8. The molecule has 0 spiro atoms. The fourth-order valence-corrected chi connectivity index (χ4v) is 8.66. The maximum atomic E-state index is 6.55. The molecule has 0 atom stereocenters. The van der Waals surface area contributed by atoms with Gasteiger partial charge in [-0.2, -0.15) is 0 Å². The SMILES string of the molecule is c1ccc(-c2nc(-c3cccc(-c4cccc5c4nc(-c4ccccc4)c4oc6ccccc6c45)c3)cc(-c3cccc(-c4cccc5c4oc4ccccc45)c3)n2)cc1. The largest absolute Gasteiger partial charge is 0.455 e. The zero-order valence-electron chi connectivity index (χ0n) is 32.2. The van der Waals surface area contributed by atoms with Crippen molar-refractivity contribution in [2.24, 2.45) is 0 Å². The van der Waals surface area contributed by atoms with Crippen molar-refractivity contribution in [1.29, 1.82) is 0 Å². The molecular weight excluding hydrogens is 735 g/mol. The molecule has 4 aromatic heterocycles. The van der Waals surface area contributed by atoms with Crippen molar-refractivity contribution in [2.75, 3.05) is 0 Å². The number of furan rings is 2. The van der Waals surface area contributed by atoms with E-state index in [1.165, 1.54) is 0 Å². The van der Waals surface area contributed by atoms with Crippen LogP contribution in [0, 0.1) is 0 Å². The molecule has 280 valence electrons. The molecule has 0 saturated carbocycles. The molecule has 0 N–H and O–H groups in total. The monoisotopic (exact) mass is 767 g/mol. The lowest BCUT2D eigenvalue weighted by Crippen LogP contribution is -1.96. The third-order valence-corrected chi connectivity index (χ3v) is 11.5. The molecule has 0 bridgehead atoms. The van der Waals surface area contributed by atoms with Crippen LogP contribution in [-0.2, 0) is 0 Å². The first-order valence-electron chi connectivity index (χ1n) is 20.1. The van der Waals surface area contributed by atoms with Crippen LogP contribution in [0.2, 0.25) is 0 Å². The van der Waals surface area contributed by atoms with Crippen LogP contribution in [0.4, 0.5) is 0 Å². The minimum Gasteiger partial charge on any atom is -0.455 e. The van der Waals surface area contributed by atoms with E-state index in [1.54, 1.807) is 0 Å². The Morgan fingerprint density at radius 3 is 1.53 bits per heavy atom. The lowest BCUT2D eigenvalue weighted by atomic mass is 9.95. The molecule has 12 rings (SSSR count). The van der Waals surface area contributed by atoms with Gasteiger partial charge in [-0.3, -0.25) is 0 Å². The molecule has 0 fully saturated rings. The van der Waals surface area contributed by atoms with Crippen LogP contribution in [0.15, 0.2) is 209 Å². The van der Waals surface area contributed by atoms with Gasteiger partial charge in [0.25, 0.3) is 0 Å². The molecule has 60 heavy (non-hydrogen) atoms. The fourth-order valence-electron chi connectivity index (χ4n) is 8.66. The first-order valence-corrected chi connectivity index (χ1v) is 20.1. The maximum Gasteiger partial charge on any atom is 0.162 e. The first kappa shape index (κ1) is 33.9. The van der Waals surface area contributed by atoms with E-state index in [0.29, 0.717) is 5.82 Å². The van der Waals surface area contributed by atoms with Crippen molar-refractivity contribution in [2.45, 2.75) is 0 Å². The van der Waals surface area contributed by atoms with Gasteiger partial charge < -0.3 is 8.83 Å². The average molecular weight is 768 g/mol. The van der Waals surface area contributed by atoms with Crippen molar-refractivity contribution < 1.29 is 8.83 Å². The molecule has 5 nitrogen and oxygen atoms in total. The van der Waals surface area contributed by atoms with Gasteiger partial charge in [0.1, 0.15) is 22.4 Å². The summed E-state index contributed by atoms with van der Waals surface area (Å²) < 4.78 is 13.0. The van der Waals surface area contributed by atoms with Crippen molar-refractivity contribution in [1.82, 2.24) is 15.0 Å². The van der Waals surface area contributed by atoms with E-state index in [0.717, 1.165) is 116 Å². The van der Waals surface area contributed by atoms with Crippen molar-refractivity contribution in [3.05, 3.63) is 200 Å². The number of hydrogen-bond donors (Lipinski definition) is 0. The van der Waals surface area contributed by atoms with Crippen LogP contribution in [0.5, 0.6) is 0 Å². The molecule has 0 unspecified atom stereocenters. The highest BCUT2D eigenvalue weighted by molar-refractivity contribution is 6.22. The van der Waals surface area contributed by atoms with Gasteiger partial charge in [0, 0.05) is 60.3 Å². The van der Waals surface area contributed by atoms with E-state index in [2.05, 4.69) is 140 Å². The highest BCUT2D eigenvalue weighted by Gasteiger charge is 2.20. The normalized spacial score (nSPS) is 11.7. The zero-order chi connectivity index (χ0) is 39.6.